The SMILES string of the molecule is O=C(CN1CCCC1c1cccs1)N1CCCCCCC1. The Kier molecular flexibility index (Phi) is 5.31. The second-order valence-corrected chi connectivity index (χ2v) is 7.27. The van der Waals surface area contributed by atoms with Crippen LogP contribution in [-0.4, -0.2) is 41.9 Å². The molecular weight excluding hydrogens is 280 g/mol. The van der Waals surface area contributed by atoms with Crippen molar-refractivity contribution in [2.75, 3.05) is 26.2 Å². The van der Waals surface area contributed by atoms with Gasteiger partial charge in [0.15, 0.2) is 0 Å². The van der Waals surface area contributed by atoms with Crippen LogP contribution in [0.2, 0.25) is 0 Å². The fraction of sp³-hybridized carbons (Fsp3) is 0.706. The summed E-state index contributed by atoms with van der Waals surface area (Å²) in [5.74, 6) is 0.348. The molecule has 1 unspecified atom stereocenters. The van der Waals surface area contributed by atoms with Crippen LogP contribution in [0.4, 0.5) is 0 Å². The van der Waals surface area contributed by atoms with E-state index in [-0.39, 0.29) is 0 Å². The molecule has 0 saturated carbocycles. The molecule has 21 heavy (non-hydrogen) atoms. The minimum Gasteiger partial charge on any atom is -0.342 e. The average molecular weight is 306 g/mol. The molecule has 3 rings (SSSR count). The summed E-state index contributed by atoms with van der Waals surface area (Å²) < 4.78 is 0. The van der Waals surface area contributed by atoms with Crippen LogP contribution in [0.25, 0.3) is 0 Å². The molecule has 1 aromatic heterocycles. The van der Waals surface area contributed by atoms with Crippen molar-refractivity contribution in [3.05, 3.63) is 22.4 Å². The fourth-order valence-corrected chi connectivity index (χ4v) is 4.48. The van der Waals surface area contributed by atoms with Crippen molar-refractivity contribution >= 4 is 17.2 Å². The molecule has 1 amide bonds. The number of amides is 1. The lowest BCUT2D eigenvalue weighted by molar-refractivity contribution is -0.133. The zero-order valence-electron chi connectivity index (χ0n) is 12.8. The van der Waals surface area contributed by atoms with Gasteiger partial charge in [-0.25, -0.2) is 0 Å². The molecule has 3 heterocycles. The smallest absolute Gasteiger partial charge is 0.236 e. The number of carbonyl (C=O) groups excluding carboxylic acids is 1. The van der Waals surface area contributed by atoms with Gasteiger partial charge < -0.3 is 4.90 Å². The lowest BCUT2D eigenvalue weighted by Crippen LogP contribution is -2.41. The van der Waals surface area contributed by atoms with E-state index in [4.69, 9.17) is 0 Å². The Bertz CT molecular complexity index is 438. The predicted molar refractivity (Wildman–Crippen MR) is 87.5 cm³/mol. The highest BCUT2D eigenvalue weighted by Gasteiger charge is 2.29. The minimum atomic E-state index is 0.348. The fourth-order valence-electron chi connectivity index (χ4n) is 3.59. The highest BCUT2D eigenvalue weighted by Crippen LogP contribution is 2.34. The molecule has 2 fully saturated rings. The first kappa shape index (κ1) is 15.0. The maximum absolute atomic E-state index is 12.6. The number of hydrogen-bond acceptors (Lipinski definition) is 3. The van der Waals surface area contributed by atoms with Gasteiger partial charge in [-0.3, -0.25) is 9.69 Å². The summed E-state index contributed by atoms with van der Waals surface area (Å²) in [5.41, 5.74) is 0. The Balaban J connectivity index is 1.58. The number of carbonyl (C=O) groups is 1. The summed E-state index contributed by atoms with van der Waals surface area (Å²) in [7, 11) is 0. The van der Waals surface area contributed by atoms with Crippen LogP contribution >= 0.6 is 11.3 Å². The van der Waals surface area contributed by atoms with Crippen LogP contribution in [0.5, 0.6) is 0 Å². The summed E-state index contributed by atoms with van der Waals surface area (Å²) in [5, 5.41) is 2.14. The van der Waals surface area contributed by atoms with Crippen molar-refractivity contribution in [1.82, 2.24) is 9.80 Å². The largest absolute Gasteiger partial charge is 0.342 e. The average Bonchev–Trinajstić information content (AvgIpc) is 3.08. The summed E-state index contributed by atoms with van der Waals surface area (Å²) >= 11 is 1.83. The first-order chi connectivity index (χ1) is 10.3. The number of rotatable bonds is 3. The Morgan fingerprint density at radius 3 is 2.57 bits per heavy atom. The van der Waals surface area contributed by atoms with Crippen molar-refractivity contribution < 1.29 is 4.79 Å². The maximum atomic E-state index is 12.6. The molecule has 4 heteroatoms. The molecule has 0 N–H and O–H groups in total. The minimum absolute atomic E-state index is 0.348. The van der Waals surface area contributed by atoms with Crippen molar-refractivity contribution in [1.29, 1.82) is 0 Å². The van der Waals surface area contributed by atoms with Crippen LogP contribution in [0.1, 0.15) is 55.9 Å². The Morgan fingerprint density at radius 2 is 1.86 bits per heavy atom. The van der Waals surface area contributed by atoms with Gasteiger partial charge in [-0.2, -0.15) is 0 Å². The standard InChI is InChI=1S/C17H26N2OS/c20-17(18-10-4-2-1-3-5-11-18)14-19-12-6-8-15(19)16-9-7-13-21-16/h7,9,13,15H,1-6,8,10-12,14H2. The number of thiophene rings is 1. The summed E-state index contributed by atoms with van der Waals surface area (Å²) in [6.07, 6.45) is 8.69. The molecule has 2 aliphatic heterocycles. The summed E-state index contributed by atoms with van der Waals surface area (Å²) in [6, 6.07) is 4.81. The second kappa shape index (κ2) is 7.41. The normalized spacial score (nSPS) is 24.8. The monoisotopic (exact) mass is 306 g/mol. The Morgan fingerprint density at radius 1 is 1.10 bits per heavy atom. The Hall–Kier alpha value is -0.870. The van der Waals surface area contributed by atoms with Gasteiger partial charge in [0, 0.05) is 24.0 Å². The maximum Gasteiger partial charge on any atom is 0.236 e. The highest BCUT2D eigenvalue weighted by atomic mass is 32.1. The van der Waals surface area contributed by atoms with E-state index in [1.165, 1.54) is 49.8 Å². The van der Waals surface area contributed by atoms with E-state index in [0.29, 0.717) is 18.5 Å². The molecule has 116 valence electrons. The first-order valence-corrected chi connectivity index (χ1v) is 9.28. The van der Waals surface area contributed by atoms with Crippen molar-refractivity contribution in [3.63, 3.8) is 0 Å². The number of hydrogen-bond donors (Lipinski definition) is 0. The van der Waals surface area contributed by atoms with E-state index >= 15 is 0 Å². The van der Waals surface area contributed by atoms with Gasteiger partial charge in [-0.05, 0) is 43.7 Å². The van der Waals surface area contributed by atoms with Crippen LogP contribution < -0.4 is 0 Å². The van der Waals surface area contributed by atoms with Gasteiger partial charge in [0.2, 0.25) is 5.91 Å². The molecule has 2 saturated heterocycles. The van der Waals surface area contributed by atoms with Gasteiger partial charge in [0.1, 0.15) is 0 Å². The van der Waals surface area contributed by atoms with Gasteiger partial charge in [-0.1, -0.05) is 25.3 Å². The number of nitrogens with zero attached hydrogens (tertiary/aromatic N) is 2. The van der Waals surface area contributed by atoms with Gasteiger partial charge in [-0.15, -0.1) is 11.3 Å². The van der Waals surface area contributed by atoms with Gasteiger partial charge >= 0.3 is 0 Å². The third-order valence-corrected chi connectivity index (χ3v) is 5.76. The quantitative estimate of drug-likeness (QED) is 0.850. The first-order valence-electron chi connectivity index (χ1n) is 8.40. The molecule has 1 atom stereocenters. The predicted octanol–water partition coefficient (Wildman–Crippen LogP) is 3.68. The molecular formula is C17H26N2OS. The van der Waals surface area contributed by atoms with Crippen molar-refractivity contribution in [2.24, 2.45) is 0 Å². The molecule has 0 bridgehead atoms. The summed E-state index contributed by atoms with van der Waals surface area (Å²) in [6.45, 7) is 3.62. The molecule has 1 aromatic rings. The molecule has 0 spiro atoms. The third-order valence-electron chi connectivity index (χ3n) is 4.78. The van der Waals surface area contributed by atoms with Gasteiger partial charge in [0.05, 0.1) is 6.54 Å². The van der Waals surface area contributed by atoms with E-state index in [1.54, 1.807) is 0 Å². The summed E-state index contributed by atoms with van der Waals surface area (Å²) in [4.78, 5) is 18.6. The lowest BCUT2D eigenvalue weighted by Gasteiger charge is -2.29. The molecule has 2 aliphatic rings. The Labute approximate surface area is 131 Å². The van der Waals surface area contributed by atoms with E-state index in [1.807, 2.05) is 11.3 Å². The zero-order valence-corrected chi connectivity index (χ0v) is 13.6. The topological polar surface area (TPSA) is 23.6 Å². The second-order valence-electron chi connectivity index (χ2n) is 6.29. The molecule has 0 aliphatic carbocycles. The van der Waals surface area contributed by atoms with Crippen molar-refractivity contribution in [3.8, 4) is 0 Å². The molecule has 0 aromatic carbocycles. The van der Waals surface area contributed by atoms with Crippen LogP contribution in [0.15, 0.2) is 17.5 Å². The van der Waals surface area contributed by atoms with Crippen molar-refractivity contribution in [2.45, 2.75) is 51.0 Å². The third kappa shape index (κ3) is 3.86. The van der Waals surface area contributed by atoms with E-state index in [9.17, 15) is 4.79 Å². The zero-order chi connectivity index (χ0) is 14.5. The lowest BCUT2D eigenvalue weighted by atomic mass is 10.1. The highest BCUT2D eigenvalue weighted by molar-refractivity contribution is 7.10. The molecule has 0 radical (unpaired) electrons. The van der Waals surface area contributed by atoms with Crippen LogP contribution in [0.3, 0.4) is 0 Å². The van der Waals surface area contributed by atoms with E-state index in [0.717, 1.165) is 19.6 Å². The van der Waals surface area contributed by atoms with Gasteiger partial charge in [0.25, 0.3) is 0 Å². The van der Waals surface area contributed by atoms with E-state index in [2.05, 4.69) is 27.3 Å². The van der Waals surface area contributed by atoms with E-state index < -0.39 is 0 Å². The molecule has 3 nitrogen and oxygen atoms in total. The van der Waals surface area contributed by atoms with Crippen LogP contribution in [0, 0.1) is 0 Å². The van der Waals surface area contributed by atoms with Crippen LogP contribution in [-0.2, 0) is 4.79 Å². The number of likely N-dealkylation sites (tertiary alicyclic amines) is 2.